The highest BCUT2D eigenvalue weighted by Crippen LogP contribution is 2.19. The summed E-state index contributed by atoms with van der Waals surface area (Å²) in [5.74, 6) is -0.0669. The van der Waals surface area contributed by atoms with Crippen LogP contribution in [0.3, 0.4) is 0 Å². The van der Waals surface area contributed by atoms with Gasteiger partial charge in [0, 0.05) is 13.1 Å². The van der Waals surface area contributed by atoms with E-state index < -0.39 is 0 Å². The molecular weight excluding hydrogens is 266 g/mol. The van der Waals surface area contributed by atoms with Gasteiger partial charge in [0.25, 0.3) is 0 Å². The number of hydrogen-bond acceptors (Lipinski definition) is 3. The zero-order valence-corrected chi connectivity index (χ0v) is 12.8. The van der Waals surface area contributed by atoms with E-state index >= 15 is 0 Å². The lowest BCUT2D eigenvalue weighted by Crippen LogP contribution is -2.41. The normalized spacial score (nSPS) is 15.8. The minimum atomic E-state index is -0.155. The number of amides is 1. The molecule has 0 aliphatic carbocycles. The molecule has 0 N–H and O–H groups in total. The predicted octanol–water partition coefficient (Wildman–Crippen LogP) is 2.20. The van der Waals surface area contributed by atoms with Crippen molar-refractivity contribution in [1.82, 2.24) is 4.90 Å². The Bertz CT molecular complexity index is 487. The maximum atomic E-state index is 12.3. The van der Waals surface area contributed by atoms with Gasteiger partial charge in [-0.1, -0.05) is 31.2 Å². The molecule has 1 aromatic carbocycles. The van der Waals surface area contributed by atoms with Crippen molar-refractivity contribution in [3.63, 3.8) is 0 Å². The third-order valence-corrected chi connectivity index (χ3v) is 4.17. The Kier molecular flexibility index (Phi) is 5.37. The van der Waals surface area contributed by atoms with Gasteiger partial charge in [0.1, 0.15) is 0 Å². The highest BCUT2D eigenvalue weighted by atomic mass is 16.5. The minimum absolute atomic E-state index is 0.0529. The topological polar surface area (TPSA) is 46.6 Å². The first-order valence-corrected chi connectivity index (χ1v) is 7.57. The van der Waals surface area contributed by atoms with Crippen LogP contribution in [0.4, 0.5) is 0 Å². The van der Waals surface area contributed by atoms with E-state index in [-0.39, 0.29) is 17.8 Å². The number of likely N-dealkylation sites (tertiary alicyclic amines) is 1. The van der Waals surface area contributed by atoms with E-state index in [1.807, 2.05) is 17.0 Å². The molecule has 114 valence electrons. The van der Waals surface area contributed by atoms with Crippen LogP contribution in [0.2, 0.25) is 0 Å². The fraction of sp³-hybridized carbons (Fsp3) is 0.529. The van der Waals surface area contributed by atoms with E-state index in [0.717, 1.165) is 12.0 Å². The zero-order valence-electron chi connectivity index (χ0n) is 12.8. The van der Waals surface area contributed by atoms with Crippen molar-refractivity contribution in [2.45, 2.75) is 32.6 Å². The molecule has 4 heteroatoms. The number of aryl methyl sites for hydroxylation is 1. The Morgan fingerprint density at radius 3 is 2.24 bits per heavy atom. The van der Waals surface area contributed by atoms with Gasteiger partial charge in [0.2, 0.25) is 5.91 Å². The average molecular weight is 289 g/mol. The van der Waals surface area contributed by atoms with Crippen LogP contribution in [0.5, 0.6) is 0 Å². The van der Waals surface area contributed by atoms with E-state index in [4.69, 9.17) is 4.74 Å². The second-order valence-corrected chi connectivity index (χ2v) is 5.53. The lowest BCUT2D eigenvalue weighted by Gasteiger charge is -2.30. The number of nitrogens with zero attached hydrogens (tertiary/aromatic N) is 1. The zero-order chi connectivity index (χ0) is 15.2. The lowest BCUT2D eigenvalue weighted by atomic mass is 9.96. The first kappa shape index (κ1) is 15.5. The van der Waals surface area contributed by atoms with Gasteiger partial charge in [-0.05, 0) is 30.4 Å². The van der Waals surface area contributed by atoms with Gasteiger partial charge in [-0.25, -0.2) is 0 Å². The van der Waals surface area contributed by atoms with Crippen LogP contribution in [0.25, 0.3) is 0 Å². The maximum absolute atomic E-state index is 12.3. The van der Waals surface area contributed by atoms with E-state index in [9.17, 15) is 9.59 Å². The summed E-state index contributed by atoms with van der Waals surface area (Å²) in [6.07, 6.45) is 2.85. The van der Waals surface area contributed by atoms with E-state index in [1.165, 1.54) is 12.7 Å². The quantitative estimate of drug-likeness (QED) is 0.798. The molecular formula is C17H23NO3. The molecule has 0 radical (unpaired) electrons. The molecule has 0 saturated carbocycles. The molecule has 0 atom stereocenters. The van der Waals surface area contributed by atoms with Crippen LogP contribution in [0, 0.1) is 5.92 Å². The highest BCUT2D eigenvalue weighted by Gasteiger charge is 2.27. The van der Waals surface area contributed by atoms with Crippen molar-refractivity contribution in [3.8, 4) is 0 Å². The van der Waals surface area contributed by atoms with Gasteiger partial charge in [-0.3, -0.25) is 9.59 Å². The van der Waals surface area contributed by atoms with Crippen LogP contribution in [-0.4, -0.2) is 37.0 Å². The maximum Gasteiger partial charge on any atom is 0.308 e. The smallest absolute Gasteiger partial charge is 0.308 e. The molecule has 1 aliphatic rings. The van der Waals surface area contributed by atoms with Crippen LogP contribution in [-0.2, 0) is 27.2 Å². The first-order chi connectivity index (χ1) is 10.1. The van der Waals surface area contributed by atoms with Gasteiger partial charge in [-0.2, -0.15) is 0 Å². The number of carbonyl (C=O) groups is 2. The first-order valence-electron chi connectivity index (χ1n) is 7.57. The van der Waals surface area contributed by atoms with Gasteiger partial charge in [-0.15, -0.1) is 0 Å². The van der Waals surface area contributed by atoms with Crippen molar-refractivity contribution in [2.75, 3.05) is 20.2 Å². The molecule has 0 aromatic heterocycles. The molecule has 2 rings (SSSR count). The van der Waals surface area contributed by atoms with Crippen molar-refractivity contribution < 1.29 is 14.3 Å². The molecule has 1 heterocycles. The molecule has 1 aliphatic heterocycles. The Morgan fingerprint density at radius 1 is 1.14 bits per heavy atom. The minimum Gasteiger partial charge on any atom is -0.469 e. The molecule has 1 amide bonds. The Hall–Kier alpha value is -1.84. The monoisotopic (exact) mass is 289 g/mol. The van der Waals surface area contributed by atoms with Crippen molar-refractivity contribution >= 4 is 11.9 Å². The van der Waals surface area contributed by atoms with Crippen molar-refractivity contribution in [1.29, 1.82) is 0 Å². The Labute approximate surface area is 126 Å². The number of methoxy groups -OCH3 is 1. The van der Waals surface area contributed by atoms with Crippen LogP contribution in [0.15, 0.2) is 24.3 Å². The fourth-order valence-electron chi connectivity index (χ4n) is 2.71. The highest BCUT2D eigenvalue weighted by molar-refractivity contribution is 5.79. The number of esters is 1. The fourth-order valence-corrected chi connectivity index (χ4v) is 2.71. The van der Waals surface area contributed by atoms with E-state index in [2.05, 4.69) is 19.1 Å². The molecule has 4 nitrogen and oxygen atoms in total. The molecule has 0 spiro atoms. The molecule has 1 aromatic rings. The van der Waals surface area contributed by atoms with E-state index in [0.29, 0.717) is 32.4 Å². The average Bonchev–Trinajstić information content (AvgIpc) is 2.55. The number of rotatable bonds is 4. The van der Waals surface area contributed by atoms with Crippen LogP contribution in [0.1, 0.15) is 30.9 Å². The van der Waals surface area contributed by atoms with Crippen molar-refractivity contribution in [2.24, 2.45) is 5.92 Å². The summed E-state index contributed by atoms with van der Waals surface area (Å²) in [5, 5.41) is 0. The summed E-state index contributed by atoms with van der Waals surface area (Å²) in [6.45, 7) is 3.41. The standard InChI is InChI=1S/C17H23NO3/c1-3-13-4-6-14(7-5-13)12-16(19)18-10-8-15(9-11-18)17(20)21-2/h4-7,15H,3,8-12H2,1-2H3. The predicted molar refractivity (Wildman–Crippen MR) is 80.8 cm³/mol. The third-order valence-electron chi connectivity index (χ3n) is 4.17. The number of carbonyl (C=O) groups excluding carboxylic acids is 2. The van der Waals surface area contributed by atoms with Crippen LogP contribution >= 0.6 is 0 Å². The Balaban J connectivity index is 1.85. The summed E-state index contributed by atoms with van der Waals surface area (Å²) in [6, 6.07) is 8.20. The SMILES string of the molecule is CCc1ccc(CC(=O)N2CCC(C(=O)OC)CC2)cc1. The van der Waals surface area contributed by atoms with Gasteiger partial charge in [0.05, 0.1) is 19.4 Å². The summed E-state index contributed by atoms with van der Waals surface area (Å²) >= 11 is 0. The summed E-state index contributed by atoms with van der Waals surface area (Å²) < 4.78 is 4.76. The van der Waals surface area contributed by atoms with Crippen molar-refractivity contribution in [3.05, 3.63) is 35.4 Å². The van der Waals surface area contributed by atoms with Gasteiger partial charge < -0.3 is 9.64 Å². The summed E-state index contributed by atoms with van der Waals surface area (Å²) in [4.78, 5) is 25.6. The number of benzene rings is 1. The van der Waals surface area contributed by atoms with Gasteiger partial charge >= 0.3 is 5.97 Å². The second kappa shape index (κ2) is 7.25. The third kappa shape index (κ3) is 4.06. The van der Waals surface area contributed by atoms with Gasteiger partial charge in [0.15, 0.2) is 0 Å². The second-order valence-electron chi connectivity index (χ2n) is 5.53. The summed E-state index contributed by atoms with van der Waals surface area (Å²) in [5.41, 5.74) is 2.33. The molecule has 1 saturated heterocycles. The molecule has 1 fully saturated rings. The van der Waals surface area contributed by atoms with Crippen LogP contribution < -0.4 is 0 Å². The number of hydrogen-bond donors (Lipinski definition) is 0. The Morgan fingerprint density at radius 2 is 1.71 bits per heavy atom. The molecule has 21 heavy (non-hydrogen) atoms. The molecule has 0 bridgehead atoms. The number of ether oxygens (including phenoxy) is 1. The van der Waals surface area contributed by atoms with E-state index in [1.54, 1.807) is 0 Å². The summed E-state index contributed by atoms with van der Waals surface area (Å²) in [7, 11) is 1.42. The lowest BCUT2D eigenvalue weighted by molar-refractivity contribution is -0.148. The number of piperidine rings is 1. The largest absolute Gasteiger partial charge is 0.469 e. The molecule has 0 unspecified atom stereocenters.